The maximum atomic E-state index is 12.0. The fourth-order valence-corrected chi connectivity index (χ4v) is 2.61. The molecule has 0 unspecified atom stereocenters. The van der Waals surface area contributed by atoms with Crippen molar-refractivity contribution in [3.8, 4) is 0 Å². The van der Waals surface area contributed by atoms with Crippen molar-refractivity contribution in [3.63, 3.8) is 0 Å². The van der Waals surface area contributed by atoms with E-state index in [0.29, 0.717) is 29.5 Å². The van der Waals surface area contributed by atoms with Gasteiger partial charge >= 0.3 is 0 Å². The van der Waals surface area contributed by atoms with Crippen LogP contribution in [0.2, 0.25) is 5.02 Å². The molecule has 0 radical (unpaired) electrons. The second-order valence-corrected chi connectivity index (χ2v) is 6.86. The van der Waals surface area contributed by atoms with Crippen molar-refractivity contribution in [1.82, 2.24) is 10.7 Å². The number of nitrogens with zero attached hydrogens (tertiary/aromatic N) is 1. The molecule has 2 rings (SSSR count). The molecule has 0 atom stereocenters. The molecule has 0 fully saturated rings. The van der Waals surface area contributed by atoms with Crippen LogP contribution in [0.5, 0.6) is 0 Å². The molecule has 0 aliphatic carbocycles. The van der Waals surface area contributed by atoms with E-state index in [-0.39, 0.29) is 18.2 Å². The standard InChI is InChI=1S/C21H24ClN3O2/c1-15(2)17-11-9-16(10-12-17)14-24-25-20(26)8-5-13-23-21(27)18-6-3-4-7-19(18)22/h3-4,6-7,9-12,14-15H,5,8,13H2,1-2H3,(H,23,27)(H,25,26). The molecule has 6 heteroatoms. The predicted octanol–water partition coefficient (Wildman–Crippen LogP) is 4.12. The zero-order chi connectivity index (χ0) is 19.6. The highest BCUT2D eigenvalue weighted by Gasteiger charge is 2.08. The van der Waals surface area contributed by atoms with E-state index in [0.717, 1.165) is 5.56 Å². The first-order valence-corrected chi connectivity index (χ1v) is 9.29. The van der Waals surface area contributed by atoms with Gasteiger partial charge in [0.1, 0.15) is 0 Å². The molecule has 0 aromatic heterocycles. The third-order valence-corrected chi connectivity index (χ3v) is 4.32. The summed E-state index contributed by atoms with van der Waals surface area (Å²) in [6, 6.07) is 14.9. The minimum absolute atomic E-state index is 0.197. The summed E-state index contributed by atoms with van der Waals surface area (Å²) in [5.74, 6) is 0.0371. The summed E-state index contributed by atoms with van der Waals surface area (Å²) >= 11 is 5.97. The Morgan fingerprint density at radius 3 is 2.48 bits per heavy atom. The van der Waals surface area contributed by atoms with Gasteiger partial charge in [-0.2, -0.15) is 5.10 Å². The van der Waals surface area contributed by atoms with E-state index in [1.54, 1.807) is 30.5 Å². The average Bonchev–Trinajstić information content (AvgIpc) is 2.66. The molecular weight excluding hydrogens is 362 g/mol. The first-order chi connectivity index (χ1) is 13.0. The zero-order valence-corrected chi connectivity index (χ0v) is 16.3. The van der Waals surface area contributed by atoms with Crippen LogP contribution < -0.4 is 10.7 Å². The van der Waals surface area contributed by atoms with Gasteiger partial charge in [0.15, 0.2) is 0 Å². The quantitative estimate of drug-likeness (QED) is 0.407. The van der Waals surface area contributed by atoms with E-state index in [4.69, 9.17) is 11.6 Å². The van der Waals surface area contributed by atoms with Crippen LogP contribution in [0.25, 0.3) is 0 Å². The monoisotopic (exact) mass is 385 g/mol. The van der Waals surface area contributed by atoms with Gasteiger partial charge in [-0.1, -0.05) is 61.8 Å². The number of amides is 2. The Morgan fingerprint density at radius 2 is 1.81 bits per heavy atom. The molecule has 142 valence electrons. The molecule has 0 aliphatic rings. The molecule has 5 nitrogen and oxygen atoms in total. The van der Waals surface area contributed by atoms with E-state index >= 15 is 0 Å². The number of carbonyl (C=O) groups is 2. The molecule has 0 spiro atoms. The average molecular weight is 386 g/mol. The number of hydrazone groups is 1. The topological polar surface area (TPSA) is 70.6 Å². The second-order valence-electron chi connectivity index (χ2n) is 6.45. The van der Waals surface area contributed by atoms with E-state index < -0.39 is 0 Å². The van der Waals surface area contributed by atoms with Crippen LogP contribution in [0.1, 0.15) is 54.1 Å². The second kappa shape index (κ2) is 10.5. The molecule has 2 amide bonds. The highest BCUT2D eigenvalue weighted by molar-refractivity contribution is 6.33. The van der Waals surface area contributed by atoms with Crippen LogP contribution in [0, 0.1) is 0 Å². The van der Waals surface area contributed by atoms with Gasteiger partial charge in [0, 0.05) is 13.0 Å². The first-order valence-electron chi connectivity index (χ1n) is 8.92. The minimum atomic E-state index is -0.246. The molecule has 2 aromatic carbocycles. The van der Waals surface area contributed by atoms with Crippen LogP contribution in [0.4, 0.5) is 0 Å². The van der Waals surface area contributed by atoms with Crippen molar-refractivity contribution < 1.29 is 9.59 Å². The summed E-state index contributed by atoms with van der Waals surface area (Å²) in [4.78, 5) is 23.8. The van der Waals surface area contributed by atoms with E-state index in [9.17, 15) is 9.59 Å². The maximum Gasteiger partial charge on any atom is 0.252 e. The zero-order valence-electron chi connectivity index (χ0n) is 15.5. The lowest BCUT2D eigenvalue weighted by Crippen LogP contribution is -2.26. The van der Waals surface area contributed by atoms with Crippen molar-refractivity contribution in [3.05, 3.63) is 70.2 Å². The fraction of sp³-hybridized carbons (Fsp3) is 0.286. The number of carbonyl (C=O) groups excluding carboxylic acids is 2. The highest BCUT2D eigenvalue weighted by atomic mass is 35.5. The Labute approximate surface area is 164 Å². The minimum Gasteiger partial charge on any atom is -0.352 e. The van der Waals surface area contributed by atoms with Crippen molar-refractivity contribution in [2.45, 2.75) is 32.6 Å². The maximum absolute atomic E-state index is 12.0. The molecule has 0 saturated heterocycles. The number of nitrogens with one attached hydrogen (secondary N) is 2. The number of hydrogen-bond acceptors (Lipinski definition) is 3. The Bertz CT molecular complexity index is 801. The number of rotatable bonds is 8. The largest absolute Gasteiger partial charge is 0.352 e. The summed E-state index contributed by atoms with van der Waals surface area (Å²) in [6.07, 6.45) is 2.40. The third-order valence-electron chi connectivity index (χ3n) is 3.99. The normalized spacial score (nSPS) is 11.0. The first kappa shape index (κ1) is 20.6. The molecule has 0 bridgehead atoms. The number of halogens is 1. The van der Waals surface area contributed by atoms with Gasteiger partial charge in [-0.25, -0.2) is 5.43 Å². The molecular formula is C21H24ClN3O2. The molecule has 0 heterocycles. The summed E-state index contributed by atoms with van der Waals surface area (Å²) in [5.41, 5.74) is 5.10. The SMILES string of the molecule is CC(C)c1ccc(C=NNC(=O)CCCNC(=O)c2ccccc2Cl)cc1. The van der Waals surface area contributed by atoms with Crippen LogP contribution in [0.15, 0.2) is 53.6 Å². The molecule has 0 aliphatic heterocycles. The van der Waals surface area contributed by atoms with Crippen LogP contribution in [-0.4, -0.2) is 24.6 Å². The fourth-order valence-electron chi connectivity index (χ4n) is 2.39. The summed E-state index contributed by atoms with van der Waals surface area (Å²) in [5, 5.41) is 7.12. The van der Waals surface area contributed by atoms with Gasteiger partial charge in [-0.3, -0.25) is 9.59 Å². The Balaban J connectivity index is 1.67. The van der Waals surface area contributed by atoms with Gasteiger partial charge in [0.2, 0.25) is 5.91 Å². The van der Waals surface area contributed by atoms with E-state index in [1.165, 1.54) is 5.56 Å². The van der Waals surface area contributed by atoms with Gasteiger partial charge in [0.25, 0.3) is 5.91 Å². The Hall–Kier alpha value is -2.66. The van der Waals surface area contributed by atoms with Crippen LogP contribution in [-0.2, 0) is 4.79 Å². The third kappa shape index (κ3) is 6.87. The summed E-state index contributed by atoms with van der Waals surface area (Å²) in [6.45, 7) is 4.66. The lowest BCUT2D eigenvalue weighted by Gasteiger charge is -2.06. The van der Waals surface area contributed by atoms with Crippen molar-refractivity contribution in [2.24, 2.45) is 5.10 Å². The summed E-state index contributed by atoms with van der Waals surface area (Å²) in [7, 11) is 0. The lowest BCUT2D eigenvalue weighted by atomic mass is 10.0. The molecule has 2 N–H and O–H groups in total. The smallest absolute Gasteiger partial charge is 0.252 e. The Kier molecular flexibility index (Phi) is 8.01. The molecule has 27 heavy (non-hydrogen) atoms. The van der Waals surface area contributed by atoms with Gasteiger partial charge < -0.3 is 5.32 Å². The molecule has 0 saturated carbocycles. The Morgan fingerprint density at radius 1 is 1.11 bits per heavy atom. The van der Waals surface area contributed by atoms with Crippen LogP contribution >= 0.6 is 11.6 Å². The van der Waals surface area contributed by atoms with Gasteiger partial charge in [0.05, 0.1) is 16.8 Å². The van der Waals surface area contributed by atoms with E-state index in [2.05, 4.69) is 41.8 Å². The summed E-state index contributed by atoms with van der Waals surface area (Å²) < 4.78 is 0. The number of benzene rings is 2. The van der Waals surface area contributed by atoms with E-state index in [1.807, 2.05) is 12.1 Å². The predicted molar refractivity (Wildman–Crippen MR) is 109 cm³/mol. The van der Waals surface area contributed by atoms with Crippen molar-refractivity contribution in [2.75, 3.05) is 6.54 Å². The van der Waals surface area contributed by atoms with Crippen LogP contribution in [0.3, 0.4) is 0 Å². The lowest BCUT2D eigenvalue weighted by molar-refractivity contribution is -0.121. The molecule has 2 aromatic rings. The van der Waals surface area contributed by atoms with Gasteiger partial charge in [-0.15, -0.1) is 0 Å². The van der Waals surface area contributed by atoms with Gasteiger partial charge in [-0.05, 0) is 35.6 Å². The van der Waals surface area contributed by atoms with Crippen molar-refractivity contribution >= 4 is 29.6 Å². The highest BCUT2D eigenvalue weighted by Crippen LogP contribution is 2.15. The van der Waals surface area contributed by atoms with Crippen molar-refractivity contribution in [1.29, 1.82) is 0 Å². The number of hydrogen-bond donors (Lipinski definition) is 2.